The van der Waals surface area contributed by atoms with Crippen molar-refractivity contribution in [2.45, 2.75) is 20.3 Å². The molecule has 0 fully saturated rings. The van der Waals surface area contributed by atoms with E-state index in [1.807, 2.05) is 0 Å². The molecule has 2 amide bonds. The standard InChI is InChI=1S/C19H22N2O7/c1-3-26-18(24)15-10-20-19(25)21-16(15)11-28-17(23)8-9-27-14-6-4-13(5-7-14)12(2)22/h4-7H,3,8-11H2,1-2H3,(H2,20,21,25). The average Bonchev–Trinajstić information content (AvgIpc) is 2.67. The van der Waals surface area contributed by atoms with Crippen molar-refractivity contribution in [3.63, 3.8) is 0 Å². The summed E-state index contributed by atoms with van der Waals surface area (Å²) in [6.45, 7) is 3.15. The number of carbonyl (C=O) groups excluding carboxylic acids is 4. The number of ketones is 1. The molecule has 0 saturated carbocycles. The normalized spacial score (nSPS) is 13.3. The highest BCUT2D eigenvalue weighted by Gasteiger charge is 2.24. The number of urea groups is 1. The highest BCUT2D eigenvalue weighted by Crippen LogP contribution is 2.13. The van der Waals surface area contributed by atoms with E-state index < -0.39 is 18.0 Å². The van der Waals surface area contributed by atoms with E-state index in [-0.39, 0.29) is 49.8 Å². The minimum absolute atomic E-state index is 0.00306. The number of ether oxygens (including phenoxy) is 3. The molecule has 1 aliphatic heterocycles. The predicted octanol–water partition coefficient (Wildman–Crippen LogP) is 1.33. The van der Waals surface area contributed by atoms with Crippen LogP contribution in [0.3, 0.4) is 0 Å². The first kappa shape index (κ1) is 20.9. The van der Waals surface area contributed by atoms with Crippen LogP contribution in [-0.4, -0.2) is 50.1 Å². The van der Waals surface area contributed by atoms with Gasteiger partial charge in [-0.3, -0.25) is 9.59 Å². The van der Waals surface area contributed by atoms with Gasteiger partial charge in [-0.05, 0) is 38.1 Å². The predicted molar refractivity (Wildman–Crippen MR) is 97.7 cm³/mol. The van der Waals surface area contributed by atoms with Crippen LogP contribution < -0.4 is 15.4 Å². The summed E-state index contributed by atoms with van der Waals surface area (Å²) in [4.78, 5) is 46.5. The quantitative estimate of drug-likeness (QED) is 0.482. The lowest BCUT2D eigenvalue weighted by Gasteiger charge is -2.21. The third-order valence-electron chi connectivity index (χ3n) is 3.79. The van der Waals surface area contributed by atoms with Crippen LogP contribution in [0.1, 0.15) is 30.6 Å². The van der Waals surface area contributed by atoms with Crippen LogP contribution in [0.15, 0.2) is 35.5 Å². The fourth-order valence-corrected chi connectivity index (χ4v) is 2.33. The van der Waals surface area contributed by atoms with Crippen molar-refractivity contribution in [3.8, 4) is 5.75 Å². The molecule has 0 saturated heterocycles. The highest BCUT2D eigenvalue weighted by atomic mass is 16.5. The van der Waals surface area contributed by atoms with Crippen LogP contribution in [0.5, 0.6) is 5.75 Å². The van der Waals surface area contributed by atoms with Gasteiger partial charge in [0, 0.05) is 5.56 Å². The summed E-state index contributed by atoms with van der Waals surface area (Å²) in [5.74, 6) is -0.658. The maximum atomic E-state index is 11.9. The summed E-state index contributed by atoms with van der Waals surface area (Å²) in [6.07, 6.45) is -0.0251. The van der Waals surface area contributed by atoms with Crippen LogP contribution >= 0.6 is 0 Å². The van der Waals surface area contributed by atoms with Crippen molar-refractivity contribution in [2.24, 2.45) is 0 Å². The monoisotopic (exact) mass is 390 g/mol. The Morgan fingerprint density at radius 2 is 1.82 bits per heavy atom. The van der Waals surface area contributed by atoms with E-state index in [9.17, 15) is 19.2 Å². The van der Waals surface area contributed by atoms with Gasteiger partial charge in [0.2, 0.25) is 0 Å². The van der Waals surface area contributed by atoms with Crippen molar-refractivity contribution in [1.82, 2.24) is 10.6 Å². The van der Waals surface area contributed by atoms with Gasteiger partial charge in [-0.15, -0.1) is 0 Å². The van der Waals surface area contributed by atoms with Gasteiger partial charge in [-0.1, -0.05) is 0 Å². The molecule has 0 spiro atoms. The maximum absolute atomic E-state index is 11.9. The van der Waals surface area contributed by atoms with E-state index in [4.69, 9.17) is 14.2 Å². The molecule has 0 aliphatic carbocycles. The van der Waals surface area contributed by atoms with Gasteiger partial charge < -0.3 is 24.8 Å². The van der Waals surface area contributed by atoms with E-state index in [0.717, 1.165) is 0 Å². The van der Waals surface area contributed by atoms with Gasteiger partial charge in [0.25, 0.3) is 0 Å². The van der Waals surface area contributed by atoms with Crippen LogP contribution in [0.25, 0.3) is 0 Å². The Hall–Kier alpha value is -3.36. The summed E-state index contributed by atoms with van der Waals surface area (Å²) < 4.78 is 15.5. The van der Waals surface area contributed by atoms with Gasteiger partial charge in [-0.2, -0.15) is 0 Å². The molecule has 9 heteroatoms. The summed E-state index contributed by atoms with van der Waals surface area (Å²) in [7, 11) is 0. The number of benzene rings is 1. The molecule has 0 bridgehead atoms. The molecule has 1 aromatic carbocycles. The molecule has 28 heavy (non-hydrogen) atoms. The molecule has 0 unspecified atom stereocenters. The number of hydrogen-bond acceptors (Lipinski definition) is 7. The molecule has 1 aromatic rings. The molecule has 2 rings (SSSR count). The fraction of sp³-hybridized carbons (Fsp3) is 0.368. The van der Waals surface area contributed by atoms with Crippen molar-refractivity contribution < 1.29 is 33.4 Å². The lowest BCUT2D eigenvalue weighted by atomic mass is 10.1. The molecule has 9 nitrogen and oxygen atoms in total. The Labute approximate surface area is 162 Å². The average molecular weight is 390 g/mol. The largest absolute Gasteiger partial charge is 0.493 e. The number of Topliss-reactive ketones (excluding diaryl/α,β-unsaturated/α-hetero) is 1. The molecule has 1 aliphatic rings. The molecule has 0 aromatic heterocycles. The molecule has 150 valence electrons. The van der Waals surface area contributed by atoms with Crippen LogP contribution in [-0.2, 0) is 19.1 Å². The number of esters is 2. The first-order valence-corrected chi connectivity index (χ1v) is 8.74. The Kier molecular flexibility index (Phi) is 7.55. The zero-order valence-electron chi connectivity index (χ0n) is 15.7. The van der Waals surface area contributed by atoms with Crippen LogP contribution in [0, 0.1) is 0 Å². The minimum atomic E-state index is -0.585. The number of rotatable bonds is 9. The number of amides is 2. The Morgan fingerprint density at radius 3 is 2.46 bits per heavy atom. The van der Waals surface area contributed by atoms with Crippen molar-refractivity contribution in [3.05, 3.63) is 41.1 Å². The summed E-state index contributed by atoms with van der Waals surface area (Å²) in [5, 5.41) is 4.91. The topological polar surface area (TPSA) is 120 Å². The zero-order chi connectivity index (χ0) is 20.5. The SMILES string of the molecule is CCOC(=O)C1=C(COC(=O)CCOc2ccc(C(C)=O)cc2)NC(=O)NC1. The zero-order valence-corrected chi connectivity index (χ0v) is 15.7. The van der Waals surface area contributed by atoms with E-state index in [0.29, 0.717) is 11.3 Å². The summed E-state index contributed by atoms with van der Waals surface area (Å²) in [6, 6.07) is 6.07. The first-order valence-electron chi connectivity index (χ1n) is 8.74. The van der Waals surface area contributed by atoms with E-state index >= 15 is 0 Å². The second-order valence-electron chi connectivity index (χ2n) is 5.82. The van der Waals surface area contributed by atoms with Gasteiger partial charge in [0.15, 0.2) is 5.78 Å². The van der Waals surface area contributed by atoms with Gasteiger partial charge in [0.05, 0.1) is 37.4 Å². The third kappa shape index (κ3) is 6.11. The van der Waals surface area contributed by atoms with E-state index in [1.54, 1.807) is 31.2 Å². The molecular formula is C19H22N2O7. The second kappa shape index (κ2) is 10.1. The fourth-order valence-electron chi connectivity index (χ4n) is 2.33. The third-order valence-corrected chi connectivity index (χ3v) is 3.79. The molecule has 2 N–H and O–H groups in total. The van der Waals surface area contributed by atoms with Gasteiger partial charge >= 0.3 is 18.0 Å². The van der Waals surface area contributed by atoms with Crippen LogP contribution in [0.4, 0.5) is 4.79 Å². The van der Waals surface area contributed by atoms with Crippen molar-refractivity contribution >= 4 is 23.8 Å². The lowest BCUT2D eigenvalue weighted by molar-refractivity contribution is -0.144. The smallest absolute Gasteiger partial charge is 0.337 e. The van der Waals surface area contributed by atoms with Gasteiger partial charge in [0.1, 0.15) is 12.4 Å². The Bertz CT molecular complexity index is 784. The summed E-state index contributed by atoms with van der Waals surface area (Å²) >= 11 is 0. The summed E-state index contributed by atoms with van der Waals surface area (Å²) in [5.41, 5.74) is 0.966. The minimum Gasteiger partial charge on any atom is -0.493 e. The first-order chi connectivity index (χ1) is 13.4. The molecule has 0 atom stereocenters. The molecular weight excluding hydrogens is 368 g/mol. The van der Waals surface area contributed by atoms with Crippen molar-refractivity contribution in [1.29, 1.82) is 0 Å². The number of hydrogen-bond donors (Lipinski definition) is 2. The second-order valence-corrected chi connectivity index (χ2v) is 5.82. The Balaban J connectivity index is 1.82. The highest BCUT2D eigenvalue weighted by molar-refractivity contribution is 5.94. The van der Waals surface area contributed by atoms with Crippen LogP contribution in [0.2, 0.25) is 0 Å². The molecule has 0 radical (unpaired) electrons. The number of carbonyl (C=O) groups is 4. The number of nitrogens with one attached hydrogen (secondary N) is 2. The van der Waals surface area contributed by atoms with Gasteiger partial charge in [-0.25, -0.2) is 9.59 Å². The van der Waals surface area contributed by atoms with E-state index in [1.165, 1.54) is 6.92 Å². The Morgan fingerprint density at radius 1 is 1.11 bits per heavy atom. The maximum Gasteiger partial charge on any atom is 0.337 e. The van der Waals surface area contributed by atoms with E-state index in [2.05, 4.69) is 10.6 Å². The van der Waals surface area contributed by atoms with Crippen molar-refractivity contribution in [2.75, 3.05) is 26.4 Å². The molecule has 1 heterocycles. The lowest BCUT2D eigenvalue weighted by Crippen LogP contribution is -2.45.